The lowest BCUT2D eigenvalue weighted by atomic mass is 10.0. The number of nitrogens with two attached hydrogens (primary N) is 1. The molecule has 0 fully saturated rings. The van der Waals surface area contributed by atoms with E-state index < -0.39 is 0 Å². The lowest BCUT2D eigenvalue weighted by molar-refractivity contribution is 0.292. The van der Waals surface area contributed by atoms with Gasteiger partial charge in [-0.2, -0.15) is 0 Å². The van der Waals surface area contributed by atoms with Crippen LogP contribution in [0.3, 0.4) is 0 Å². The molecule has 3 nitrogen and oxygen atoms in total. The Morgan fingerprint density at radius 3 is 2.58 bits per heavy atom. The summed E-state index contributed by atoms with van der Waals surface area (Å²) in [7, 11) is 3.52. The Morgan fingerprint density at radius 2 is 2.05 bits per heavy atom. The Labute approximate surface area is 115 Å². The third kappa shape index (κ3) is 5.17. The minimum atomic E-state index is -0.223. The number of halogens is 1. The molecule has 1 atom stereocenters. The standard InChI is InChI=1S/C15H25FN2O/c1-11(2)15(17)7-8-18(3)10-12-5-6-13(19-4)9-14(12)16/h5-6,9,11,15H,7-8,10,17H2,1-4H3. The van der Waals surface area contributed by atoms with Crippen LogP contribution in [0.1, 0.15) is 25.8 Å². The maximum absolute atomic E-state index is 13.8. The lowest BCUT2D eigenvalue weighted by Crippen LogP contribution is -2.31. The normalized spacial score (nSPS) is 13.1. The zero-order valence-corrected chi connectivity index (χ0v) is 12.3. The molecule has 0 aliphatic heterocycles. The SMILES string of the molecule is COc1ccc(CN(C)CCC(N)C(C)C)c(F)c1. The van der Waals surface area contributed by atoms with Crippen LogP contribution in [0, 0.1) is 11.7 Å². The summed E-state index contributed by atoms with van der Waals surface area (Å²) in [6.07, 6.45) is 0.923. The van der Waals surface area contributed by atoms with Gasteiger partial charge in [-0.3, -0.25) is 0 Å². The molecule has 0 aromatic heterocycles. The van der Waals surface area contributed by atoms with Crippen molar-refractivity contribution in [3.63, 3.8) is 0 Å². The molecule has 1 unspecified atom stereocenters. The van der Waals surface area contributed by atoms with Crippen LogP contribution in [-0.4, -0.2) is 31.6 Å². The van der Waals surface area contributed by atoms with Crippen molar-refractivity contribution >= 4 is 0 Å². The van der Waals surface area contributed by atoms with Gasteiger partial charge in [0.2, 0.25) is 0 Å². The summed E-state index contributed by atoms with van der Waals surface area (Å²) in [6, 6.07) is 5.17. The van der Waals surface area contributed by atoms with Crippen molar-refractivity contribution in [2.45, 2.75) is 32.9 Å². The molecule has 0 spiro atoms. The van der Waals surface area contributed by atoms with Crippen molar-refractivity contribution in [1.82, 2.24) is 4.90 Å². The van der Waals surface area contributed by atoms with Crippen LogP contribution in [0.4, 0.5) is 4.39 Å². The van der Waals surface area contributed by atoms with E-state index >= 15 is 0 Å². The molecule has 1 aromatic carbocycles. The highest BCUT2D eigenvalue weighted by molar-refractivity contribution is 5.28. The first-order valence-electron chi connectivity index (χ1n) is 6.70. The third-order valence-electron chi connectivity index (χ3n) is 3.40. The third-order valence-corrected chi connectivity index (χ3v) is 3.40. The number of methoxy groups -OCH3 is 1. The van der Waals surface area contributed by atoms with Gasteiger partial charge in [-0.05, 0) is 32.0 Å². The number of ether oxygens (including phenoxy) is 1. The Hall–Kier alpha value is -1.13. The Bertz CT molecular complexity index is 396. The second kappa shape index (κ2) is 7.46. The predicted molar refractivity (Wildman–Crippen MR) is 76.7 cm³/mol. The van der Waals surface area contributed by atoms with Crippen LogP contribution < -0.4 is 10.5 Å². The summed E-state index contributed by atoms with van der Waals surface area (Å²) in [4.78, 5) is 2.09. The van der Waals surface area contributed by atoms with Crippen molar-refractivity contribution in [1.29, 1.82) is 0 Å². The summed E-state index contributed by atoms with van der Waals surface area (Å²) in [5, 5.41) is 0. The van der Waals surface area contributed by atoms with Crippen molar-refractivity contribution in [2.24, 2.45) is 11.7 Å². The summed E-state index contributed by atoms with van der Waals surface area (Å²) in [5.41, 5.74) is 6.69. The molecule has 1 aromatic rings. The van der Waals surface area contributed by atoms with Crippen molar-refractivity contribution in [3.05, 3.63) is 29.6 Å². The van der Waals surface area contributed by atoms with Crippen molar-refractivity contribution < 1.29 is 9.13 Å². The van der Waals surface area contributed by atoms with Gasteiger partial charge >= 0.3 is 0 Å². The van der Waals surface area contributed by atoms with Gasteiger partial charge in [-0.15, -0.1) is 0 Å². The van der Waals surface area contributed by atoms with E-state index in [4.69, 9.17) is 10.5 Å². The van der Waals surface area contributed by atoms with Gasteiger partial charge in [0.1, 0.15) is 11.6 Å². The fourth-order valence-corrected chi connectivity index (χ4v) is 1.86. The summed E-state index contributed by atoms with van der Waals surface area (Å²) in [6.45, 7) is 5.69. The first-order valence-corrected chi connectivity index (χ1v) is 6.70. The van der Waals surface area contributed by atoms with E-state index in [0.717, 1.165) is 13.0 Å². The molecule has 0 heterocycles. The highest BCUT2D eigenvalue weighted by Gasteiger charge is 2.11. The van der Waals surface area contributed by atoms with Gasteiger partial charge in [0, 0.05) is 24.2 Å². The molecule has 0 aliphatic rings. The first kappa shape index (κ1) is 15.9. The Balaban J connectivity index is 2.50. The molecule has 1 rings (SSSR count). The summed E-state index contributed by atoms with van der Waals surface area (Å²) >= 11 is 0. The maximum atomic E-state index is 13.8. The minimum Gasteiger partial charge on any atom is -0.497 e. The average molecular weight is 268 g/mol. The molecule has 0 saturated carbocycles. The quantitative estimate of drug-likeness (QED) is 0.826. The van der Waals surface area contributed by atoms with Crippen LogP contribution in [0.15, 0.2) is 18.2 Å². The Kier molecular flexibility index (Phi) is 6.25. The van der Waals surface area contributed by atoms with E-state index in [-0.39, 0.29) is 11.9 Å². The van der Waals surface area contributed by atoms with Gasteiger partial charge < -0.3 is 15.4 Å². The van der Waals surface area contributed by atoms with E-state index in [1.165, 1.54) is 13.2 Å². The predicted octanol–water partition coefficient (Wildman–Crippen LogP) is 2.64. The van der Waals surface area contributed by atoms with Crippen LogP contribution in [0.5, 0.6) is 5.75 Å². The second-order valence-corrected chi connectivity index (χ2v) is 5.39. The highest BCUT2D eigenvalue weighted by atomic mass is 19.1. The van der Waals surface area contributed by atoms with E-state index in [1.807, 2.05) is 7.05 Å². The molecule has 0 saturated heterocycles. The fraction of sp³-hybridized carbons (Fsp3) is 0.600. The number of nitrogens with zero attached hydrogens (tertiary/aromatic N) is 1. The number of hydrogen-bond acceptors (Lipinski definition) is 3. The molecule has 0 amide bonds. The number of benzene rings is 1. The van der Waals surface area contributed by atoms with Crippen molar-refractivity contribution in [2.75, 3.05) is 20.7 Å². The van der Waals surface area contributed by atoms with Crippen LogP contribution in [-0.2, 0) is 6.54 Å². The van der Waals surface area contributed by atoms with E-state index in [0.29, 0.717) is 23.8 Å². The molecule has 0 radical (unpaired) electrons. The molecule has 0 bridgehead atoms. The molecular weight excluding hydrogens is 243 g/mol. The fourth-order valence-electron chi connectivity index (χ4n) is 1.86. The lowest BCUT2D eigenvalue weighted by Gasteiger charge is -2.21. The summed E-state index contributed by atoms with van der Waals surface area (Å²) in [5.74, 6) is 0.802. The zero-order chi connectivity index (χ0) is 14.4. The first-order chi connectivity index (χ1) is 8.93. The number of hydrogen-bond donors (Lipinski definition) is 1. The highest BCUT2D eigenvalue weighted by Crippen LogP contribution is 2.17. The smallest absolute Gasteiger partial charge is 0.131 e. The van der Waals surface area contributed by atoms with Crippen molar-refractivity contribution in [3.8, 4) is 5.75 Å². The summed E-state index contributed by atoms with van der Waals surface area (Å²) < 4.78 is 18.8. The van der Waals surface area contributed by atoms with Gasteiger partial charge in [-0.1, -0.05) is 19.9 Å². The minimum absolute atomic E-state index is 0.197. The van der Waals surface area contributed by atoms with Crippen LogP contribution in [0.2, 0.25) is 0 Å². The largest absolute Gasteiger partial charge is 0.497 e. The van der Waals surface area contributed by atoms with Gasteiger partial charge in [0.25, 0.3) is 0 Å². The van der Waals surface area contributed by atoms with Gasteiger partial charge in [0.05, 0.1) is 7.11 Å². The van der Waals surface area contributed by atoms with Crippen LogP contribution >= 0.6 is 0 Å². The van der Waals surface area contributed by atoms with Gasteiger partial charge in [0.15, 0.2) is 0 Å². The number of rotatable bonds is 7. The van der Waals surface area contributed by atoms with Crippen LogP contribution in [0.25, 0.3) is 0 Å². The van der Waals surface area contributed by atoms with Gasteiger partial charge in [-0.25, -0.2) is 4.39 Å². The van der Waals surface area contributed by atoms with E-state index in [1.54, 1.807) is 12.1 Å². The molecule has 2 N–H and O–H groups in total. The molecule has 0 aliphatic carbocycles. The zero-order valence-electron chi connectivity index (χ0n) is 12.3. The second-order valence-electron chi connectivity index (χ2n) is 5.39. The Morgan fingerprint density at radius 1 is 1.37 bits per heavy atom. The monoisotopic (exact) mass is 268 g/mol. The average Bonchev–Trinajstić information content (AvgIpc) is 2.38. The van der Waals surface area contributed by atoms with E-state index in [2.05, 4.69) is 18.7 Å². The molecule has 108 valence electrons. The molecule has 19 heavy (non-hydrogen) atoms. The van der Waals surface area contributed by atoms with E-state index in [9.17, 15) is 4.39 Å². The molecular formula is C15H25FN2O. The maximum Gasteiger partial charge on any atom is 0.131 e. The topological polar surface area (TPSA) is 38.5 Å². The molecule has 4 heteroatoms.